The van der Waals surface area contributed by atoms with Crippen molar-refractivity contribution < 1.29 is 4.79 Å². The Morgan fingerprint density at radius 1 is 1.39 bits per heavy atom. The minimum absolute atomic E-state index is 0.0513. The van der Waals surface area contributed by atoms with E-state index in [-0.39, 0.29) is 17.9 Å². The number of rotatable bonds is 4. The lowest BCUT2D eigenvalue weighted by atomic mass is 10.1. The van der Waals surface area contributed by atoms with Crippen LogP contribution in [0.15, 0.2) is 30.3 Å². The summed E-state index contributed by atoms with van der Waals surface area (Å²) in [4.78, 5) is 11.6. The van der Waals surface area contributed by atoms with Crippen molar-refractivity contribution in [2.24, 2.45) is 5.92 Å². The smallest absolute Gasteiger partial charge is 0.229 e. The Morgan fingerprint density at radius 3 is 2.61 bits per heavy atom. The van der Waals surface area contributed by atoms with Crippen molar-refractivity contribution >= 4 is 23.2 Å². The summed E-state index contributed by atoms with van der Waals surface area (Å²) in [6.45, 7) is 2.09. The number of hydrogen-bond acceptors (Lipinski definition) is 2. The maximum atomic E-state index is 11.6. The third-order valence-corrected chi connectivity index (χ3v) is 3.32. The molecule has 1 saturated carbocycles. The first-order chi connectivity index (χ1) is 8.70. The van der Waals surface area contributed by atoms with E-state index in [9.17, 15) is 4.79 Å². The lowest BCUT2D eigenvalue weighted by Gasteiger charge is -2.19. The molecule has 1 aromatic rings. The van der Waals surface area contributed by atoms with Crippen LogP contribution in [0, 0.1) is 5.92 Å². The predicted octanol–water partition coefficient (Wildman–Crippen LogP) is 2.54. The first kappa shape index (κ1) is 13.0. The summed E-state index contributed by atoms with van der Waals surface area (Å²) in [5.41, 5.74) is 1.18. The molecule has 0 bridgehead atoms. The van der Waals surface area contributed by atoms with Crippen LogP contribution < -0.4 is 10.6 Å². The van der Waals surface area contributed by atoms with E-state index in [1.807, 2.05) is 18.2 Å². The Balaban J connectivity index is 1.89. The summed E-state index contributed by atoms with van der Waals surface area (Å²) in [6.07, 6.45) is 2.90. The van der Waals surface area contributed by atoms with Crippen LogP contribution in [-0.2, 0) is 4.79 Å². The van der Waals surface area contributed by atoms with Gasteiger partial charge in [-0.05, 0) is 37.0 Å². The SMILES string of the molecule is CCC(NC(=S)NC(=O)C1CC1)c1ccccc1. The number of benzene rings is 1. The van der Waals surface area contributed by atoms with Gasteiger partial charge in [0.2, 0.25) is 5.91 Å². The van der Waals surface area contributed by atoms with E-state index in [1.165, 1.54) is 5.56 Å². The lowest BCUT2D eigenvalue weighted by molar-refractivity contribution is -0.120. The number of carbonyl (C=O) groups excluding carboxylic acids is 1. The number of amides is 1. The summed E-state index contributed by atoms with van der Waals surface area (Å²) < 4.78 is 0. The molecule has 1 fully saturated rings. The summed E-state index contributed by atoms with van der Waals surface area (Å²) in [5, 5.41) is 6.39. The van der Waals surface area contributed by atoms with Gasteiger partial charge in [0.15, 0.2) is 5.11 Å². The third-order valence-electron chi connectivity index (χ3n) is 3.10. The van der Waals surface area contributed by atoms with Gasteiger partial charge in [0, 0.05) is 5.92 Å². The molecule has 0 heterocycles. The van der Waals surface area contributed by atoms with Crippen LogP contribution in [0.1, 0.15) is 37.8 Å². The van der Waals surface area contributed by atoms with Gasteiger partial charge >= 0.3 is 0 Å². The quantitative estimate of drug-likeness (QED) is 0.819. The molecule has 0 radical (unpaired) electrons. The van der Waals surface area contributed by atoms with Crippen LogP contribution in [-0.4, -0.2) is 11.0 Å². The van der Waals surface area contributed by atoms with Crippen LogP contribution in [0.2, 0.25) is 0 Å². The summed E-state index contributed by atoms with van der Waals surface area (Å²) >= 11 is 5.18. The molecule has 18 heavy (non-hydrogen) atoms. The molecule has 2 rings (SSSR count). The first-order valence-corrected chi connectivity index (χ1v) is 6.78. The van der Waals surface area contributed by atoms with Crippen LogP contribution in [0.5, 0.6) is 0 Å². The minimum atomic E-state index is 0.0513. The second-order valence-corrected chi connectivity index (χ2v) is 5.02. The maximum absolute atomic E-state index is 11.6. The number of nitrogens with one attached hydrogen (secondary N) is 2. The highest BCUT2D eigenvalue weighted by Gasteiger charge is 2.30. The highest BCUT2D eigenvalue weighted by Crippen LogP contribution is 2.28. The van der Waals surface area contributed by atoms with E-state index in [2.05, 4.69) is 29.7 Å². The zero-order valence-corrected chi connectivity index (χ0v) is 11.3. The van der Waals surface area contributed by atoms with E-state index in [0.29, 0.717) is 5.11 Å². The molecule has 4 heteroatoms. The summed E-state index contributed by atoms with van der Waals surface area (Å²) in [7, 11) is 0. The minimum Gasteiger partial charge on any atom is -0.356 e. The number of carbonyl (C=O) groups is 1. The van der Waals surface area contributed by atoms with Crippen molar-refractivity contribution in [2.75, 3.05) is 0 Å². The Morgan fingerprint density at radius 2 is 2.06 bits per heavy atom. The molecule has 2 N–H and O–H groups in total. The second kappa shape index (κ2) is 5.96. The van der Waals surface area contributed by atoms with Crippen molar-refractivity contribution in [3.05, 3.63) is 35.9 Å². The van der Waals surface area contributed by atoms with Gasteiger partial charge in [0.1, 0.15) is 0 Å². The van der Waals surface area contributed by atoms with Crippen LogP contribution in [0.3, 0.4) is 0 Å². The normalized spacial score (nSPS) is 15.8. The largest absolute Gasteiger partial charge is 0.356 e. The Bertz CT molecular complexity index is 429. The van der Waals surface area contributed by atoms with E-state index >= 15 is 0 Å². The van der Waals surface area contributed by atoms with Crippen molar-refractivity contribution in [1.82, 2.24) is 10.6 Å². The monoisotopic (exact) mass is 262 g/mol. The number of thiocarbonyl (C=S) groups is 1. The van der Waals surface area contributed by atoms with Gasteiger partial charge in [-0.2, -0.15) is 0 Å². The Hall–Kier alpha value is -1.42. The van der Waals surface area contributed by atoms with Crippen molar-refractivity contribution in [3.8, 4) is 0 Å². The average Bonchev–Trinajstić information content (AvgIpc) is 3.21. The molecular weight excluding hydrogens is 244 g/mol. The molecule has 3 nitrogen and oxygen atoms in total. The first-order valence-electron chi connectivity index (χ1n) is 6.37. The van der Waals surface area contributed by atoms with E-state index in [4.69, 9.17) is 12.2 Å². The topological polar surface area (TPSA) is 41.1 Å². The van der Waals surface area contributed by atoms with E-state index < -0.39 is 0 Å². The fourth-order valence-electron chi connectivity index (χ4n) is 1.86. The highest BCUT2D eigenvalue weighted by atomic mass is 32.1. The Labute approximate surface area is 113 Å². The average molecular weight is 262 g/mol. The molecule has 1 amide bonds. The van der Waals surface area contributed by atoms with Crippen LogP contribution in [0.25, 0.3) is 0 Å². The van der Waals surface area contributed by atoms with Crippen LogP contribution >= 0.6 is 12.2 Å². The Kier molecular flexibility index (Phi) is 4.31. The standard InChI is InChI=1S/C14H18N2OS/c1-2-12(10-6-4-3-5-7-10)15-14(18)16-13(17)11-8-9-11/h3-7,11-12H,2,8-9H2,1H3,(H2,15,16,17,18). The maximum Gasteiger partial charge on any atom is 0.229 e. The predicted molar refractivity (Wildman–Crippen MR) is 76.1 cm³/mol. The van der Waals surface area contributed by atoms with Gasteiger partial charge in [0.05, 0.1) is 6.04 Å². The molecule has 1 unspecified atom stereocenters. The zero-order chi connectivity index (χ0) is 13.0. The second-order valence-electron chi connectivity index (χ2n) is 4.61. The van der Waals surface area contributed by atoms with Gasteiger partial charge in [-0.1, -0.05) is 37.3 Å². The fourth-order valence-corrected chi connectivity index (χ4v) is 2.10. The van der Waals surface area contributed by atoms with E-state index in [1.54, 1.807) is 0 Å². The molecule has 1 aliphatic rings. The third kappa shape index (κ3) is 3.53. The molecule has 96 valence electrons. The molecule has 0 aliphatic heterocycles. The summed E-state index contributed by atoms with van der Waals surface area (Å²) in [6, 6.07) is 10.3. The van der Waals surface area contributed by atoms with Crippen molar-refractivity contribution in [3.63, 3.8) is 0 Å². The molecule has 0 aromatic heterocycles. The van der Waals surface area contributed by atoms with Gasteiger partial charge in [-0.25, -0.2) is 0 Å². The van der Waals surface area contributed by atoms with Gasteiger partial charge in [-0.15, -0.1) is 0 Å². The molecule has 1 aliphatic carbocycles. The van der Waals surface area contributed by atoms with Gasteiger partial charge < -0.3 is 10.6 Å². The highest BCUT2D eigenvalue weighted by molar-refractivity contribution is 7.80. The lowest BCUT2D eigenvalue weighted by Crippen LogP contribution is -2.41. The molecule has 1 atom stereocenters. The molecule has 0 spiro atoms. The van der Waals surface area contributed by atoms with E-state index in [0.717, 1.165) is 19.3 Å². The van der Waals surface area contributed by atoms with Crippen molar-refractivity contribution in [2.45, 2.75) is 32.2 Å². The molecule has 1 aromatic carbocycles. The van der Waals surface area contributed by atoms with Crippen LogP contribution in [0.4, 0.5) is 0 Å². The zero-order valence-electron chi connectivity index (χ0n) is 10.5. The summed E-state index contributed by atoms with van der Waals surface area (Å²) in [5.74, 6) is 0.233. The van der Waals surface area contributed by atoms with Crippen molar-refractivity contribution in [1.29, 1.82) is 0 Å². The number of hydrogen-bond donors (Lipinski definition) is 2. The molecule has 0 saturated heterocycles. The molecular formula is C14H18N2OS. The van der Waals surface area contributed by atoms with Gasteiger partial charge in [-0.3, -0.25) is 4.79 Å². The van der Waals surface area contributed by atoms with Gasteiger partial charge in [0.25, 0.3) is 0 Å². The fraction of sp³-hybridized carbons (Fsp3) is 0.429.